The Morgan fingerprint density at radius 2 is 1.78 bits per heavy atom. The van der Waals surface area contributed by atoms with Gasteiger partial charge in [0.25, 0.3) is 0 Å². The number of hydrogen-bond donors (Lipinski definition) is 1. The molecule has 0 aliphatic rings. The van der Waals surface area contributed by atoms with Crippen molar-refractivity contribution in [3.05, 3.63) is 44.0 Å². The first kappa shape index (κ1) is 18.4. The number of halogens is 2. The zero-order chi connectivity index (χ0) is 17.0. The molecule has 0 atom stereocenters. The molecule has 0 saturated heterocycles. The SMILES string of the molecule is Cc1nnc(Oc2c(Br)cc(CCCO)cc2Br)cc1C(C)C. The minimum Gasteiger partial charge on any atom is -0.435 e. The minimum atomic E-state index is 0.185. The average Bonchev–Trinajstić information content (AvgIpc) is 2.50. The highest BCUT2D eigenvalue weighted by molar-refractivity contribution is 9.11. The van der Waals surface area contributed by atoms with Crippen LogP contribution in [0.4, 0.5) is 0 Å². The fourth-order valence-corrected chi connectivity index (χ4v) is 3.77. The predicted molar refractivity (Wildman–Crippen MR) is 98.2 cm³/mol. The summed E-state index contributed by atoms with van der Waals surface area (Å²) in [5.74, 6) is 1.51. The van der Waals surface area contributed by atoms with Crippen molar-refractivity contribution in [3.63, 3.8) is 0 Å². The van der Waals surface area contributed by atoms with Gasteiger partial charge in [0.2, 0.25) is 5.88 Å². The summed E-state index contributed by atoms with van der Waals surface area (Å²) in [5.41, 5.74) is 3.18. The molecule has 0 unspecified atom stereocenters. The van der Waals surface area contributed by atoms with Crippen molar-refractivity contribution >= 4 is 31.9 Å². The van der Waals surface area contributed by atoms with E-state index in [2.05, 4.69) is 55.9 Å². The molecule has 0 amide bonds. The van der Waals surface area contributed by atoms with Crippen LogP contribution in [0.15, 0.2) is 27.1 Å². The van der Waals surface area contributed by atoms with Crippen LogP contribution in [0.1, 0.15) is 43.0 Å². The van der Waals surface area contributed by atoms with Gasteiger partial charge in [0.05, 0.1) is 14.6 Å². The maximum atomic E-state index is 8.95. The third kappa shape index (κ3) is 4.75. The predicted octanol–water partition coefficient (Wildman–Crippen LogP) is 5.15. The second kappa shape index (κ2) is 8.22. The molecule has 124 valence electrons. The number of rotatable bonds is 6. The molecule has 0 bridgehead atoms. The van der Waals surface area contributed by atoms with Gasteiger partial charge in [-0.25, -0.2) is 0 Å². The van der Waals surface area contributed by atoms with Crippen LogP contribution in [0.5, 0.6) is 11.6 Å². The van der Waals surface area contributed by atoms with Crippen LogP contribution in [0.3, 0.4) is 0 Å². The lowest BCUT2D eigenvalue weighted by Gasteiger charge is -2.13. The van der Waals surface area contributed by atoms with Gasteiger partial charge in [0, 0.05) is 12.7 Å². The largest absolute Gasteiger partial charge is 0.435 e. The monoisotopic (exact) mass is 442 g/mol. The molecule has 0 saturated carbocycles. The van der Waals surface area contributed by atoms with Crippen LogP contribution in [-0.2, 0) is 6.42 Å². The number of aryl methyl sites for hydroxylation is 2. The Hall–Kier alpha value is -0.980. The van der Waals surface area contributed by atoms with Crippen molar-refractivity contribution in [1.29, 1.82) is 0 Å². The summed E-state index contributed by atoms with van der Waals surface area (Å²) in [4.78, 5) is 0. The van der Waals surface area contributed by atoms with Gasteiger partial charge in [0.15, 0.2) is 5.75 Å². The Morgan fingerprint density at radius 3 is 2.35 bits per heavy atom. The van der Waals surface area contributed by atoms with E-state index in [1.165, 1.54) is 0 Å². The van der Waals surface area contributed by atoms with Gasteiger partial charge >= 0.3 is 0 Å². The van der Waals surface area contributed by atoms with Gasteiger partial charge in [-0.05, 0) is 80.8 Å². The minimum absolute atomic E-state index is 0.185. The molecule has 2 aromatic rings. The van der Waals surface area contributed by atoms with Crippen molar-refractivity contribution < 1.29 is 9.84 Å². The fraction of sp³-hybridized carbons (Fsp3) is 0.412. The Kier molecular flexibility index (Phi) is 6.56. The van der Waals surface area contributed by atoms with Crippen LogP contribution in [0.25, 0.3) is 0 Å². The maximum absolute atomic E-state index is 8.95. The number of ether oxygens (including phenoxy) is 1. The molecule has 23 heavy (non-hydrogen) atoms. The summed E-state index contributed by atoms with van der Waals surface area (Å²) in [6.45, 7) is 6.38. The molecule has 4 nitrogen and oxygen atoms in total. The normalized spacial score (nSPS) is 11.1. The first-order valence-corrected chi connectivity index (χ1v) is 9.11. The molecule has 1 aromatic carbocycles. The van der Waals surface area contributed by atoms with Crippen molar-refractivity contribution in [2.75, 3.05) is 6.61 Å². The zero-order valence-electron chi connectivity index (χ0n) is 13.4. The molecular weight excluding hydrogens is 424 g/mol. The Balaban J connectivity index is 2.28. The summed E-state index contributed by atoms with van der Waals surface area (Å²) in [7, 11) is 0. The van der Waals surface area contributed by atoms with Gasteiger partial charge in [-0.2, -0.15) is 5.10 Å². The molecule has 2 rings (SSSR count). The number of nitrogens with zero attached hydrogens (tertiary/aromatic N) is 2. The maximum Gasteiger partial charge on any atom is 0.239 e. The smallest absolute Gasteiger partial charge is 0.239 e. The van der Waals surface area contributed by atoms with Crippen LogP contribution >= 0.6 is 31.9 Å². The number of aromatic nitrogens is 2. The number of aliphatic hydroxyl groups is 1. The fourth-order valence-electron chi connectivity index (χ4n) is 2.32. The van der Waals surface area contributed by atoms with Crippen LogP contribution in [-0.4, -0.2) is 21.9 Å². The third-order valence-corrected chi connectivity index (χ3v) is 4.68. The van der Waals surface area contributed by atoms with Gasteiger partial charge in [0.1, 0.15) is 0 Å². The van der Waals surface area contributed by atoms with Crippen molar-refractivity contribution in [2.24, 2.45) is 0 Å². The van der Waals surface area contributed by atoms with E-state index in [4.69, 9.17) is 9.84 Å². The van der Waals surface area contributed by atoms with Gasteiger partial charge < -0.3 is 9.84 Å². The highest BCUT2D eigenvalue weighted by Gasteiger charge is 2.13. The number of hydrogen-bond acceptors (Lipinski definition) is 4. The van der Waals surface area contributed by atoms with Crippen LogP contribution < -0.4 is 4.74 Å². The second-order valence-corrected chi connectivity index (χ2v) is 7.40. The first-order chi connectivity index (χ1) is 10.9. The molecule has 0 spiro atoms. The molecule has 0 fully saturated rings. The van der Waals surface area contributed by atoms with Gasteiger partial charge in [-0.15, -0.1) is 5.10 Å². The van der Waals surface area contributed by atoms with E-state index >= 15 is 0 Å². The van der Waals surface area contributed by atoms with E-state index in [-0.39, 0.29) is 6.61 Å². The summed E-state index contributed by atoms with van der Waals surface area (Å²) in [6, 6.07) is 5.94. The summed E-state index contributed by atoms with van der Waals surface area (Å²) < 4.78 is 7.61. The van der Waals surface area contributed by atoms with Crippen molar-refractivity contribution in [2.45, 2.75) is 39.5 Å². The van der Waals surface area contributed by atoms with E-state index in [9.17, 15) is 0 Å². The highest BCUT2D eigenvalue weighted by atomic mass is 79.9. The summed E-state index contributed by atoms with van der Waals surface area (Å²) in [6.07, 6.45) is 1.55. The van der Waals surface area contributed by atoms with E-state index in [0.29, 0.717) is 17.5 Å². The first-order valence-electron chi connectivity index (χ1n) is 7.53. The topological polar surface area (TPSA) is 55.2 Å². The van der Waals surface area contributed by atoms with E-state index in [1.54, 1.807) is 0 Å². The van der Waals surface area contributed by atoms with Crippen molar-refractivity contribution in [3.8, 4) is 11.6 Å². The number of benzene rings is 1. The number of aliphatic hydroxyl groups excluding tert-OH is 1. The van der Waals surface area contributed by atoms with Crippen LogP contribution in [0.2, 0.25) is 0 Å². The molecule has 0 radical (unpaired) electrons. The lowest BCUT2D eigenvalue weighted by Crippen LogP contribution is -2.00. The van der Waals surface area contributed by atoms with Crippen molar-refractivity contribution in [1.82, 2.24) is 10.2 Å². The lowest BCUT2D eigenvalue weighted by molar-refractivity contribution is 0.288. The lowest BCUT2D eigenvalue weighted by atomic mass is 10.0. The summed E-state index contributed by atoms with van der Waals surface area (Å²) >= 11 is 7.09. The Labute approximate surface area is 153 Å². The van der Waals surface area contributed by atoms with Gasteiger partial charge in [-0.1, -0.05) is 13.8 Å². The molecule has 6 heteroatoms. The molecule has 0 aliphatic heterocycles. The standard InChI is InChI=1S/C17H20Br2N2O2/c1-10(2)13-9-16(21-20-11(13)3)23-17-14(18)7-12(5-4-6-22)8-15(17)19/h7-10,22H,4-6H2,1-3H3. The highest BCUT2D eigenvalue weighted by Crippen LogP contribution is 2.38. The van der Waals surface area contributed by atoms with Gasteiger partial charge in [-0.3, -0.25) is 0 Å². The quantitative estimate of drug-likeness (QED) is 0.670. The van der Waals surface area contributed by atoms with E-state index in [1.807, 2.05) is 25.1 Å². The van der Waals surface area contributed by atoms with Crippen LogP contribution in [0, 0.1) is 6.92 Å². The second-order valence-electron chi connectivity index (χ2n) is 5.70. The Bertz CT molecular complexity index is 667. The third-order valence-electron chi connectivity index (χ3n) is 3.51. The van der Waals surface area contributed by atoms with E-state index < -0.39 is 0 Å². The zero-order valence-corrected chi connectivity index (χ0v) is 16.6. The molecular formula is C17H20Br2N2O2. The summed E-state index contributed by atoms with van der Waals surface area (Å²) in [5, 5.41) is 17.2. The molecule has 1 aromatic heterocycles. The molecule has 1 N–H and O–H groups in total. The average molecular weight is 444 g/mol. The Morgan fingerprint density at radius 1 is 1.13 bits per heavy atom. The van der Waals surface area contributed by atoms with E-state index in [0.717, 1.165) is 38.6 Å². The molecule has 0 aliphatic carbocycles. The molecule has 1 heterocycles.